The molecule has 3 aromatic carbocycles. The Bertz CT molecular complexity index is 1650. The van der Waals surface area contributed by atoms with Gasteiger partial charge < -0.3 is 9.47 Å². The highest BCUT2D eigenvalue weighted by atomic mass is 19.1. The molecule has 1 aliphatic rings. The lowest BCUT2D eigenvalue weighted by atomic mass is 10.0. The normalized spacial score (nSPS) is 12.8. The predicted octanol–water partition coefficient (Wildman–Crippen LogP) is 6.36. The first kappa shape index (κ1) is 27.4. The molecule has 0 spiro atoms. The summed E-state index contributed by atoms with van der Waals surface area (Å²) in [4.78, 5) is 39.4. The van der Waals surface area contributed by atoms with E-state index in [0.29, 0.717) is 0 Å². The number of aromatic nitrogens is 2. The molecule has 11 heteroatoms. The summed E-state index contributed by atoms with van der Waals surface area (Å²) < 4.78 is 41.5. The number of imide groups is 1. The minimum Gasteiger partial charge on any atom is -0.450 e. The second-order valence-corrected chi connectivity index (χ2v) is 10.1. The van der Waals surface area contributed by atoms with E-state index >= 15 is 4.39 Å². The maximum absolute atomic E-state index is 16.0. The molecule has 5 rings (SSSR count). The number of hydrogen-bond donors (Lipinski definition) is 1. The van der Waals surface area contributed by atoms with Gasteiger partial charge in [-0.2, -0.15) is 10.2 Å². The molecule has 1 aromatic heterocycles. The molecule has 9 nitrogen and oxygen atoms in total. The summed E-state index contributed by atoms with van der Waals surface area (Å²) in [6, 6.07) is 16.1. The molecule has 2 heterocycles. The van der Waals surface area contributed by atoms with Gasteiger partial charge in [0, 0.05) is 11.1 Å². The second kappa shape index (κ2) is 10.8. The van der Waals surface area contributed by atoms with E-state index in [9.17, 15) is 18.8 Å². The molecule has 4 aromatic rings. The number of rotatable bonds is 6. The number of hydrogen-bond acceptors (Lipinski definition) is 7. The zero-order valence-corrected chi connectivity index (χ0v) is 22.3. The number of nitrogens with one attached hydrogen (secondary N) is 1. The van der Waals surface area contributed by atoms with Gasteiger partial charge in [-0.1, -0.05) is 24.3 Å². The topological polar surface area (TPSA) is 111 Å². The number of nitrogens with zero attached hydrogens (tertiary/aromatic N) is 3. The third-order valence-corrected chi connectivity index (χ3v) is 6.05. The van der Waals surface area contributed by atoms with Crippen LogP contribution in [-0.4, -0.2) is 38.6 Å². The Morgan fingerprint density at radius 2 is 1.54 bits per heavy atom. The molecule has 1 N–H and O–H groups in total. The summed E-state index contributed by atoms with van der Waals surface area (Å²) in [7, 11) is 0. The fraction of sp³-hybridized carbons (Fsp3) is 0.167. The van der Waals surface area contributed by atoms with Gasteiger partial charge in [0.25, 0.3) is 11.8 Å². The van der Waals surface area contributed by atoms with Crippen LogP contribution < -0.4 is 10.1 Å². The van der Waals surface area contributed by atoms with Crippen molar-refractivity contribution in [2.75, 3.05) is 5.32 Å². The zero-order chi connectivity index (χ0) is 29.3. The van der Waals surface area contributed by atoms with E-state index in [4.69, 9.17) is 9.47 Å². The Hall–Kier alpha value is -5.19. The molecular formula is C30H24F2N4O5. The quantitative estimate of drug-likeness (QED) is 0.274. The molecule has 0 radical (unpaired) electrons. The van der Waals surface area contributed by atoms with Crippen molar-refractivity contribution in [1.82, 2.24) is 15.1 Å². The minimum atomic E-state index is -1.01. The van der Waals surface area contributed by atoms with Gasteiger partial charge in [-0.3, -0.25) is 19.8 Å². The first-order valence-corrected chi connectivity index (χ1v) is 12.5. The summed E-state index contributed by atoms with van der Waals surface area (Å²) in [6.45, 7) is 4.70. The number of carbonyl (C=O) groups is 3. The van der Waals surface area contributed by atoms with E-state index in [1.165, 1.54) is 42.6 Å². The van der Waals surface area contributed by atoms with Crippen molar-refractivity contribution in [1.29, 1.82) is 0 Å². The number of halogens is 2. The van der Waals surface area contributed by atoms with Crippen molar-refractivity contribution in [3.63, 3.8) is 0 Å². The van der Waals surface area contributed by atoms with Crippen LogP contribution in [0.25, 0.3) is 11.1 Å². The van der Waals surface area contributed by atoms with Crippen LogP contribution in [0.1, 0.15) is 47.2 Å². The first-order chi connectivity index (χ1) is 19.5. The first-order valence-electron chi connectivity index (χ1n) is 12.5. The van der Waals surface area contributed by atoms with Gasteiger partial charge >= 0.3 is 6.09 Å². The molecule has 1 aliphatic heterocycles. The van der Waals surface area contributed by atoms with Crippen LogP contribution >= 0.6 is 0 Å². The largest absolute Gasteiger partial charge is 0.450 e. The van der Waals surface area contributed by atoms with Gasteiger partial charge in [-0.25, -0.2) is 13.6 Å². The summed E-state index contributed by atoms with van der Waals surface area (Å²) in [6.07, 6.45) is 0.441. The third-order valence-electron chi connectivity index (χ3n) is 6.05. The Balaban J connectivity index is 1.57. The van der Waals surface area contributed by atoms with E-state index in [-0.39, 0.29) is 45.9 Å². The van der Waals surface area contributed by atoms with E-state index in [1.54, 1.807) is 45.0 Å². The van der Waals surface area contributed by atoms with Crippen LogP contribution in [0.2, 0.25) is 0 Å². The molecule has 0 aliphatic carbocycles. The Kier molecular flexibility index (Phi) is 7.19. The van der Waals surface area contributed by atoms with Crippen molar-refractivity contribution in [3.05, 3.63) is 101 Å². The molecule has 0 unspecified atom stereocenters. The molecule has 0 saturated heterocycles. The van der Waals surface area contributed by atoms with Crippen molar-refractivity contribution in [2.45, 2.75) is 32.9 Å². The van der Waals surface area contributed by atoms with Gasteiger partial charge in [0.1, 0.15) is 5.60 Å². The fourth-order valence-electron chi connectivity index (χ4n) is 4.27. The minimum absolute atomic E-state index is 0.113. The van der Waals surface area contributed by atoms with Crippen LogP contribution in [0.15, 0.2) is 72.9 Å². The van der Waals surface area contributed by atoms with Crippen LogP contribution in [0, 0.1) is 11.6 Å². The second-order valence-electron chi connectivity index (χ2n) is 10.1. The molecule has 208 valence electrons. The van der Waals surface area contributed by atoms with E-state index in [2.05, 4.69) is 15.5 Å². The molecule has 0 atom stereocenters. The van der Waals surface area contributed by atoms with Gasteiger partial charge in [-0.15, -0.1) is 0 Å². The zero-order valence-electron chi connectivity index (χ0n) is 22.3. The maximum atomic E-state index is 16.0. The SMILES string of the molecule is CC(C)(C)OC(=O)Nc1ccc(-c2ccnnc2CN2C(=O)c3ccccc3C2=O)c(Oc2ccccc2F)c1F. The summed E-state index contributed by atoms with van der Waals surface area (Å²) in [5.41, 5.74) is -0.0573. The molecule has 3 amide bonds. The van der Waals surface area contributed by atoms with Crippen LogP contribution in [0.4, 0.5) is 19.3 Å². The Morgan fingerprint density at radius 1 is 0.878 bits per heavy atom. The highest BCUT2D eigenvalue weighted by molar-refractivity contribution is 6.21. The third kappa shape index (κ3) is 5.60. The molecule has 0 saturated carbocycles. The average Bonchev–Trinajstić information content (AvgIpc) is 3.16. The average molecular weight is 559 g/mol. The number of ether oxygens (including phenoxy) is 2. The van der Waals surface area contributed by atoms with Gasteiger partial charge in [0.2, 0.25) is 0 Å². The van der Waals surface area contributed by atoms with Crippen molar-refractivity contribution in [3.8, 4) is 22.6 Å². The number of para-hydroxylation sites is 1. The number of anilines is 1. The van der Waals surface area contributed by atoms with Crippen LogP contribution in [0.5, 0.6) is 11.5 Å². The molecule has 41 heavy (non-hydrogen) atoms. The monoisotopic (exact) mass is 558 g/mol. The van der Waals surface area contributed by atoms with Gasteiger partial charge in [-0.05, 0) is 63.2 Å². The fourth-order valence-corrected chi connectivity index (χ4v) is 4.27. The van der Waals surface area contributed by atoms with Crippen molar-refractivity contribution < 1.29 is 32.6 Å². The van der Waals surface area contributed by atoms with E-state index in [1.807, 2.05) is 0 Å². The van der Waals surface area contributed by atoms with Crippen LogP contribution in [-0.2, 0) is 11.3 Å². The number of fused-ring (bicyclic) bond motifs is 1. The highest BCUT2D eigenvalue weighted by Gasteiger charge is 2.36. The standard InChI is InChI=1S/C30H24F2N4O5/c1-30(2,3)41-29(39)34-22-13-12-18(26(25(22)32)40-24-11-7-6-10-21(24)31)17-14-15-33-35-23(17)16-36-27(37)19-8-4-5-9-20(19)28(36)38/h4-15H,16H2,1-3H3,(H,34,39). The van der Waals surface area contributed by atoms with E-state index < -0.39 is 40.9 Å². The lowest BCUT2D eigenvalue weighted by molar-refractivity contribution is 0.0624. The molecular weight excluding hydrogens is 534 g/mol. The molecule has 0 bridgehead atoms. The Labute approximate surface area is 233 Å². The lowest BCUT2D eigenvalue weighted by Gasteiger charge is -2.21. The lowest BCUT2D eigenvalue weighted by Crippen LogP contribution is -2.30. The Morgan fingerprint density at radius 3 is 2.20 bits per heavy atom. The van der Waals surface area contributed by atoms with Crippen LogP contribution in [0.3, 0.4) is 0 Å². The smallest absolute Gasteiger partial charge is 0.412 e. The van der Waals surface area contributed by atoms with Gasteiger partial charge in [0.05, 0.1) is 35.2 Å². The van der Waals surface area contributed by atoms with Crippen molar-refractivity contribution in [2.24, 2.45) is 0 Å². The molecule has 0 fully saturated rings. The number of carbonyl (C=O) groups excluding carboxylic acids is 3. The summed E-state index contributed by atoms with van der Waals surface area (Å²) in [5.74, 6) is -3.48. The summed E-state index contributed by atoms with van der Waals surface area (Å²) >= 11 is 0. The van der Waals surface area contributed by atoms with Crippen molar-refractivity contribution >= 4 is 23.6 Å². The number of amides is 3. The van der Waals surface area contributed by atoms with E-state index in [0.717, 1.165) is 11.0 Å². The highest BCUT2D eigenvalue weighted by Crippen LogP contribution is 2.41. The predicted molar refractivity (Wildman–Crippen MR) is 144 cm³/mol. The van der Waals surface area contributed by atoms with Gasteiger partial charge in [0.15, 0.2) is 23.1 Å². The maximum Gasteiger partial charge on any atom is 0.412 e. The summed E-state index contributed by atoms with van der Waals surface area (Å²) in [5, 5.41) is 10.4. The number of benzene rings is 3.